The Kier molecular flexibility index (Phi) is 34.3. The number of rotatable bonds is 0. The lowest BCUT2D eigenvalue weighted by Crippen LogP contribution is -1.87. The molecular formula is C33H57N7. The van der Waals surface area contributed by atoms with Crippen molar-refractivity contribution < 1.29 is 0 Å². The zero-order chi connectivity index (χ0) is 31.9. The van der Waals surface area contributed by atoms with E-state index in [4.69, 9.17) is 0 Å². The molecule has 0 aliphatic carbocycles. The van der Waals surface area contributed by atoms with Gasteiger partial charge in [-0.05, 0) is 84.2 Å². The van der Waals surface area contributed by atoms with Crippen molar-refractivity contribution >= 4 is 0 Å². The van der Waals surface area contributed by atoms with Gasteiger partial charge in [0.15, 0.2) is 0 Å². The van der Waals surface area contributed by atoms with Gasteiger partial charge < -0.3 is 0 Å². The molecular weight excluding hydrogens is 494 g/mol. The minimum atomic E-state index is 1.01. The molecule has 4 aromatic heterocycles. The molecule has 0 unspecified atom stereocenters. The fraction of sp³-hybridized carbons (Fsp3) is 0.485. The van der Waals surface area contributed by atoms with Crippen LogP contribution in [-0.4, -0.2) is 35.1 Å². The third-order valence-electron chi connectivity index (χ3n) is 4.72. The molecule has 7 nitrogen and oxygen atoms in total. The van der Waals surface area contributed by atoms with Crippen molar-refractivity contribution in [3.8, 4) is 0 Å². The third-order valence-corrected chi connectivity index (χ3v) is 4.72. The van der Waals surface area contributed by atoms with Crippen LogP contribution in [0.4, 0.5) is 0 Å². The minimum Gasteiger partial charge on any atom is -0.261 e. The fourth-order valence-corrected chi connectivity index (χ4v) is 1.97. The zero-order valence-electron chi connectivity index (χ0n) is 28.3. The monoisotopic (exact) mass is 551 g/mol. The van der Waals surface area contributed by atoms with E-state index in [0.717, 1.165) is 34.0 Å². The van der Waals surface area contributed by atoms with Gasteiger partial charge in [0.2, 0.25) is 0 Å². The van der Waals surface area contributed by atoms with Gasteiger partial charge in [-0.3, -0.25) is 15.0 Å². The molecule has 0 spiro atoms. The predicted octanol–water partition coefficient (Wildman–Crippen LogP) is 9.08. The molecule has 0 saturated carbocycles. The van der Waals surface area contributed by atoms with E-state index in [0.29, 0.717) is 0 Å². The molecule has 4 aromatic rings. The minimum absolute atomic E-state index is 1.01. The maximum absolute atomic E-state index is 4.08. The molecule has 0 fully saturated rings. The standard InChI is InChI=1S/C7H9N.3C6H8N2.4C2H6/c1-6-4-3-5-8-7(6)2;1-5-3-7-4-8-6(5)2;1-5-6(2)8-4-3-7-5;1-5-3-4-7-8-6(5)2;4*1-2/h3-5H,1-2H3;3*3-4H,1-2H3;4*1-2H3. The maximum Gasteiger partial charge on any atom is 0.115 e. The van der Waals surface area contributed by atoms with Crippen molar-refractivity contribution in [2.75, 3.05) is 0 Å². The van der Waals surface area contributed by atoms with Crippen LogP contribution in [0.3, 0.4) is 0 Å². The fourth-order valence-electron chi connectivity index (χ4n) is 1.97. The summed E-state index contributed by atoms with van der Waals surface area (Å²) in [6.45, 7) is 31.9. The van der Waals surface area contributed by atoms with Gasteiger partial charge in [-0.25, -0.2) is 9.97 Å². The molecule has 4 heterocycles. The maximum atomic E-state index is 4.08. The first kappa shape index (κ1) is 43.4. The highest BCUT2D eigenvalue weighted by Crippen LogP contribution is 1.99. The summed E-state index contributed by atoms with van der Waals surface area (Å²) >= 11 is 0. The highest BCUT2D eigenvalue weighted by atomic mass is 15.1. The van der Waals surface area contributed by atoms with Crippen LogP contribution in [-0.2, 0) is 0 Å². The molecule has 0 atom stereocenters. The second-order valence-corrected chi connectivity index (χ2v) is 7.22. The van der Waals surface area contributed by atoms with Crippen molar-refractivity contribution in [2.45, 2.75) is 111 Å². The summed E-state index contributed by atoms with van der Waals surface area (Å²) in [5.74, 6) is 0. The number of aromatic nitrogens is 7. The van der Waals surface area contributed by atoms with Gasteiger partial charge in [-0.15, -0.1) is 0 Å². The van der Waals surface area contributed by atoms with E-state index < -0.39 is 0 Å². The van der Waals surface area contributed by atoms with Crippen molar-refractivity contribution in [2.24, 2.45) is 0 Å². The number of nitrogens with zero attached hydrogens (tertiary/aromatic N) is 7. The number of hydrogen-bond donors (Lipinski definition) is 0. The van der Waals surface area contributed by atoms with Crippen LogP contribution < -0.4 is 0 Å². The Bertz CT molecular complexity index is 825. The summed E-state index contributed by atoms with van der Waals surface area (Å²) in [5, 5.41) is 7.52. The zero-order valence-corrected chi connectivity index (χ0v) is 28.3. The van der Waals surface area contributed by atoms with E-state index >= 15 is 0 Å². The van der Waals surface area contributed by atoms with Crippen LogP contribution in [0.2, 0.25) is 0 Å². The summed E-state index contributed by atoms with van der Waals surface area (Å²) in [5.41, 5.74) is 8.79. The largest absolute Gasteiger partial charge is 0.261 e. The Morgan fingerprint density at radius 2 is 0.875 bits per heavy atom. The molecule has 7 heteroatoms. The summed E-state index contributed by atoms with van der Waals surface area (Å²) < 4.78 is 0. The Hall–Kier alpha value is -3.61. The van der Waals surface area contributed by atoms with Gasteiger partial charge in [0, 0.05) is 42.4 Å². The van der Waals surface area contributed by atoms with Gasteiger partial charge in [0.05, 0.1) is 17.1 Å². The van der Waals surface area contributed by atoms with Crippen LogP contribution in [0.25, 0.3) is 0 Å². The number of pyridine rings is 1. The van der Waals surface area contributed by atoms with Gasteiger partial charge >= 0.3 is 0 Å². The normalized spacial score (nSPS) is 8.00. The van der Waals surface area contributed by atoms with E-state index in [1.54, 1.807) is 24.9 Å². The second kappa shape index (κ2) is 31.6. The van der Waals surface area contributed by atoms with E-state index in [1.165, 1.54) is 11.1 Å². The molecule has 0 radical (unpaired) electrons. The first-order valence-electron chi connectivity index (χ1n) is 14.3. The first-order valence-corrected chi connectivity index (χ1v) is 14.3. The predicted molar refractivity (Wildman–Crippen MR) is 174 cm³/mol. The average molecular weight is 552 g/mol. The van der Waals surface area contributed by atoms with Crippen molar-refractivity contribution in [1.82, 2.24) is 35.1 Å². The van der Waals surface area contributed by atoms with Gasteiger partial charge in [-0.2, -0.15) is 10.2 Å². The topological polar surface area (TPSA) is 90.2 Å². The summed E-state index contributed by atoms with van der Waals surface area (Å²) in [6, 6.07) is 5.95. The number of aryl methyl sites for hydroxylation is 8. The third kappa shape index (κ3) is 23.5. The van der Waals surface area contributed by atoms with Crippen molar-refractivity contribution in [3.05, 3.63) is 101 Å². The molecule has 0 aliphatic heterocycles. The van der Waals surface area contributed by atoms with E-state index in [2.05, 4.69) is 48.1 Å². The molecule has 0 aromatic carbocycles. The highest BCUT2D eigenvalue weighted by molar-refractivity contribution is 5.15. The van der Waals surface area contributed by atoms with Gasteiger partial charge in [0.25, 0.3) is 0 Å². The summed E-state index contributed by atoms with van der Waals surface area (Å²) in [4.78, 5) is 19.9. The van der Waals surface area contributed by atoms with Crippen molar-refractivity contribution in [3.63, 3.8) is 0 Å². The van der Waals surface area contributed by atoms with Gasteiger partial charge in [0.1, 0.15) is 6.33 Å². The van der Waals surface area contributed by atoms with E-state index in [1.807, 2.05) is 128 Å². The Morgan fingerprint density at radius 1 is 0.425 bits per heavy atom. The SMILES string of the molecule is CC.CC.CC.CC.Cc1cccnc1C.Cc1ccnnc1C.Cc1cncnc1C.Cc1nccnc1C. The van der Waals surface area contributed by atoms with Gasteiger partial charge in [-0.1, -0.05) is 61.5 Å². The Morgan fingerprint density at radius 3 is 1.15 bits per heavy atom. The van der Waals surface area contributed by atoms with Crippen LogP contribution >= 0.6 is 0 Å². The summed E-state index contributed by atoms with van der Waals surface area (Å²) in [7, 11) is 0. The molecule has 40 heavy (non-hydrogen) atoms. The lowest BCUT2D eigenvalue weighted by Gasteiger charge is -1.92. The van der Waals surface area contributed by atoms with E-state index in [9.17, 15) is 0 Å². The average Bonchev–Trinajstić information content (AvgIpc) is 3.00. The molecule has 0 saturated heterocycles. The Balaban J connectivity index is -0.000000199. The molecule has 0 aliphatic rings. The highest BCUT2D eigenvalue weighted by Gasteiger charge is 1.88. The van der Waals surface area contributed by atoms with Crippen molar-refractivity contribution in [1.29, 1.82) is 0 Å². The first-order chi connectivity index (χ1) is 19.2. The smallest absolute Gasteiger partial charge is 0.115 e. The lowest BCUT2D eigenvalue weighted by molar-refractivity contribution is 0.961. The Labute approximate surface area is 246 Å². The summed E-state index contributed by atoms with van der Waals surface area (Å²) in [6.07, 6.45) is 10.3. The molecule has 4 rings (SSSR count). The quantitative estimate of drug-likeness (QED) is 0.215. The molecule has 224 valence electrons. The number of hydrogen-bond acceptors (Lipinski definition) is 7. The van der Waals surface area contributed by atoms with E-state index in [-0.39, 0.29) is 0 Å². The van der Waals surface area contributed by atoms with Crippen LogP contribution in [0.1, 0.15) is 101 Å². The lowest BCUT2D eigenvalue weighted by atomic mass is 10.2. The van der Waals surface area contributed by atoms with Crippen LogP contribution in [0, 0.1) is 55.4 Å². The molecule has 0 N–H and O–H groups in total. The second-order valence-electron chi connectivity index (χ2n) is 7.22. The molecule has 0 amide bonds. The molecule has 0 bridgehead atoms. The van der Waals surface area contributed by atoms with Crippen LogP contribution in [0.5, 0.6) is 0 Å². The van der Waals surface area contributed by atoms with Crippen LogP contribution in [0.15, 0.2) is 55.5 Å².